The minimum Gasteiger partial charge on any atom is -0.494 e. The fourth-order valence-electron chi connectivity index (χ4n) is 2.75. The predicted octanol–water partition coefficient (Wildman–Crippen LogP) is 4.33. The van der Waals surface area contributed by atoms with Crippen LogP contribution in [0.25, 0.3) is 0 Å². The molecule has 0 aliphatic heterocycles. The Kier molecular flexibility index (Phi) is 8.12. The average molecular weight is 417 g/mol. The van der Waals surface area contributed by atoms with E-state index in [1.54, 1.807) is 35.3 Å². The van der Waals surface area contributed by atoms with Crippen molar-refractivity contribution >= 4 is 29.0 Å². The second-order valence-corrected chi connectivity index (χ2v) is 6.57. The highest BCUT2D eigenvalue weighted by Crippen LogP contribution is 2.30. The van der Waals surface area contributed by atoms with Crippen molar-refractivity contribution < 1.29 is 18.7 Å². The van der Waals surface area contributed by atoms with Gasteiger partial charge in [0.25, 0.3) is 0 Å². The third kappa shape index (κ3) is 5.76. The summed E-state index contributed by atoms with van der Waals surface area (Å²) in [6.07, 6.45) is 3.34. The van der Waals surface area contributed by atoms with Crippen LogP contribution in [0.2, 0.25) is 5.02 Å². The number of carbonyl (C=O) groups is 2. The van der Waals surface area contributed by atoms with Gasteiger partial charge in [0.05, 0.1) is 24.4 Å². The van der Waals surface area contributed by atoms with Crippen molar-refractivity contribution in [1.29, 1.82) is 0 Å². The van der Waals surface area contributed by atoms with Gasteiger partial charge in [0.2, 0.25) is 5.91 Å². The van der Waals surface area contributed by atoms with Gasteiger partial charge in [-0.25, -0.2) is 4.39 Å². The van der Waals surface area contributed by atoms with Crippen LogP contribution in [0.1, 0.15) is 15.9 Å². The van der Waals surface area contributed by atoms with Crippen molar-refractivity contribution in [2.24, 2.45) is 0 Å². The first-order chi connectivity index (χ1) is 13.9. The molecule has 0 unspecified atom stereocenters. The van der Waals surface area contributed by atoms with Crippen LogP contribution in [0.4, 0.5) is 10.1 Å². The number of methoxy groups -OCH3 is 1. The van der Waals surface area contributed by atoms with E-state index in [4.69, 9.17) is 16.3 Å². The Morgan fingerprint density at radius 1 is 1.17 bits per heavy atom. The van der Waals surface area contributed by atoms with Gasteiger partial charge in [0.1, 0.15) is 0 Å². The van der Waals surface area contributed by atoms with Crippen molar-refractivity contribution in [2.75, 3.05) is 32.1 Å². The molecule has 0 radical (unpaired) electrons. The Balaban J connectivity index is 2.38. The van der Waals surface area contributed by atoms with Crippen LogP contribution in [0.5, 0.6) is 5.75 Å². The first-order valence-electron chi connectivity index (χ1n) is 8.82. The van der Waals surface area contributed by atoms with E-state index >= 15 is 0 Å². The molecule has 0 aliphatic rings. The normalized spacial score (nSPS) is 10.5. The summed E-state index contributed by atoms with van der Waals surface area (Å²) in [5, 5.41) is 2.90. The van der Waals surface area contributed by atoms with E-state index in [-0.39, 0.29) is 40.0 Å². The summed E-state index contributed by atoms with van der Waals surface area (Å²) < 4.78 is 19.3. The van der Waals surface area contributed by atoms with Gasteiger partial charge >= 0.3 is 0 Å². The summed E-state index contributed by atoms with van der Waals surface area (Å²) >= 11 is 6.11. The van der Waals surface area contributed by atoms with E-state index in [1.807, 2.05) is 0 Å². The topological polar surface area (TPSA) is 58.6 Å². The first kappa shape index (κ1) is 22.3. The van der Waals surface area contributed by atoms with Crippen LogP contribution in [0.3, 0.4) is 0 Å². The molecule has 0 spiro atoms. The van der Waals surface area contributed by atoms with Crippen LogP contribution in [0, 0.1) is 5.82 Å². The molecule has 29 heavy (non-hydrogen) atoms. The maximum Gasteiger partial charge on any atom is 0.238 e. The number of nitrogens with one attached hydrogen (secondary N) is 1. The molecule has 0 saturated carbocycles. The molecule has 2 rings (SSSR count). The van der Waals surface area contributed by atoms with Gasteiger partial charge in [-0.2, -0.15) is 0 Å². The van der Waals surface area contributed by atoms with Crippen LogP contribution in [0.15, 0.2) is 61.7 Å². The molecule has 0 fully saturated rings. The van der Waals surface area contributed by atoms with E-state index < -0.39 is 11.6 Å². The summed E-state index contributed by atoms with van der Waals surface area (Å²) in [5.74, 6) is -1.71. The zero-order valence-electron chi connectivity index (χ0n) is 16.1. The first-order valence-corrected chi connectivity index (χ1v) is 9.19. The number of ketones is 1. The van der Waals surface area contributed by atoms with E-state index in [0.29, 0.717) is 13.1 Å². The van der Waals surface area contributed by atoms with Gasteiger partial charge in [-0.1, -0.05) is 35.9 Å². The number of hydrogen-bond acceptors (Lipinski definition) is 4. The maximum absolute atomic E-state index is 14.3. The number of anilines is 1. The molecule has 0 bridgehead atoms. The Morgan fingerprint density at radius 3 is 2.41 bits per heavy atom. The largest absolute Gasteiger partial charge is 0.494 e. The molecule has 0 atom stereocenters. The van der Waals surface area contributed by atoms with E-state index in [1.165, 1.54) is 19.2 Å². The van der Waals surface area contributed by atoms with Gasteiger partial charge in [0.15, 0.2) is 17.3 Å². The summed E-state index contributed by atoms with van der Waals surface area (Å²) in [4.78, 5) is 27.3. The van der Waals surface area contributed by atoms with Gasteiger partial charge in [-0.3, -0.25) is 14.5 Å². The fraction of sp³-hybridized carbons (Fsp3) is 0.182. The smallest absolute Gasteiger partial charge is 0.238 e. The number of rotatable bonds is 10. The number of nitrogens with zero attached hydrogens (tertiary/aromatic N) is 1. The van der Waals surface area contributed by atoms with Crippen LogP contribution < -0.4 is 10.1 Å². The lowest BCUT2D eigenvalue weighted by atomic mass is 10.0. The molecule has 152 valence electrons. The molecule has 5 nitrogen and oxygen atoms in total. The molecule has 0 aliphatic carbocycles. The number of benzene rings is 2. The third-order valence-corrected chi connectivity index (χ3v) is 4.40. The second kappa shape index (κ2) is 10.5. The van der Waals surface area contributed by atoms with Gasteiger partial charge < -0.3 is 10.1 Å². The lowest BCUT2D eigenvalue weighted by Gasteiger charge is -2.19. The Labute approximate surface area is 174 Å². The highest BCUT2D eigenvalue weighted by Gasteiger charge is 2.21. The maximum atomic E-state index is 14.3. The number of carbonyl (C=O) groups excluding carboxylic acids is 2. The Hall–Kier alpha value is -2.96. The summed E-state index contributed by atoms with van der Waals surface area (Å²) in [5.41, 5.74) is 0.313. The molecule has 2 aromatic rings. The van der Waals surface area contributed by atoms with E-state index in [9.17, 15) is 14.0 Å². The summed E-state index contributed by atoms with van der Waals surface area (Å²) in [7, 11) is 1.30. The molecule has 0 aromatic heterocycles. The van der Waals surface area contributed by atoms with Crippen molar-refractivity contribution in [3.8, 4) is 5.75 Å². The Bertz CT molecular complexity index is 920. The van der Waals surface area contributed by atoms with Gasteiger partial charge in [0, 0.05) is 30.3 Å². The average Bonchev–Trinajstić information content (AvgIpc) is 2.69. The van der Waals surface area contributed by atoms with Crippen LogP contribution in [-0.4, -0.2) is 43.3 Å². The lowest BCUT2D eigenvalue weighted by molar-refractivity contribution is -0.117. The molecule has 2 aromatic carbocycles. The van der Waals surface area contributed by atoms with Crippen molar-refractivity contribution in [3.63, 3.8) is 0 Å². The molecule has 0 saturated heterocycles. The lowest BCUT2D eigenvalue weighted by Crippen LogP contribution is -2.33. The predicted molar refractivity (Wildman–Crippen MR) is 113 cm³/mol. The summed E-state index contributed by atoms with van der Waals surface area (Å²) in [6.45, 7) is 8.33. The molecule has 1 N–H and O–H groups in total. The van der Waals surface area contributed by atoms with Crippen molar-refractivity contribution in [1.82, 2.24) is 4.90 Å². The quantitative estimate of drug-likeness (QED) is 0.462. The standard InChI is InChI=1S/C22H22ClFN2O3/c1-4-10-26(11-5-2)14-21(27)25-19-13-20(29-3)18(24)12-16(19)22(28)15-8-6-7-9-17(15)23/h4-9,12-13H,1-2,10-11,14H2,3H3,(H,25,27). The van der Waals surface area contributed by atoms with Crippen LogP contribution in [-0.2, 0) is 4.79 Å². The number of amides is 1. The highest BCUT2D eigenvalue weighted by atomic mass is 35.5. The minimum absolute atomic E-state index is 0.0243. The van der Waals surface area contributed by atoms with Gasteiger partial charge in [-0.15, -0.1) is 13.2 Å². The zero-order chi connectivity index (χ0) is 21.4. The molecule has 1 amide bonds. The second-order valence-electron chi connectivity index (χ2n) is 6.16. The van der Waals surface area contributed by atoms with E-state index in [2.05, 4.69) is 18.5 Å². The van der Waals surface area contributed by atoms with Crippen LogP contribution >= 0.6 is 11.6 Å². The zero-order valence-corrected chi connectivity index (χ0v) is 16.8. The van der Waals surface area contributed by atoms with Crippen molar-refractivity contribution in [2.45, 2.75) is 0 Å². The fourth-order valence-corrected chi connectivity index (χ4v) is 2.97. The Morgan fingerprint density at radius 2 is 1.83 bits per heavy atom. The van der Waals surface area contributed by atoms with Crippen molar-refractivity contribution in [3.05, 3.63) is 83.7 Å². The monoisotopic (exact) mass is 416 g/mol. The number of halogens is 2. The molecule has 7 heteroatoms. The highest BCUT2D eigenvalue weighted by molar-refractivity contribution is 6.35. The van der Waals surface area contributed by atoms with E-state index in [0.717, 1.165) is 6.07 Å². The molecular formula is C22H22ClFN2O3. The molecule has 0 heterocycles. The summed E-state index contributed by atoms with van der Waals surface area (Å²) in [6, 6.07) is 8.75. The third-order valence-electron chi connectivity index (χ3n) is 4.07. The minimum atomic E-state index is -0.721. The van der Waals surface area contributed by atoms with Gasteiger partial charge in [-0.05, 0) is 18.2 Å². The SMILES string of the molecule is C=CCN(CC=C)CC(=O)Nc1cc(OC)c(F)cc1C(=O)c1ccccc1Cl. The number of hydrogen-bond donors (Lipinski definition) is 1. The number of ether oxygens (including phenoxy) is 1. The molecular weight excluding hydrogens is 395 g/mol.